The van der Waals surface area contributed by atoms with Crippen molar-refractivity contribution in [1.82, 2.24) is 10.2 Å². The van der Waals surface area contributed by atoms with Crippen LogP contribution in [0.25, 0.3) is 0 Å². The number of nitrogens with one attached hydrogen (secondary N) is 1. The number of piperazine rings is 1. The van der Waals surface area contributed by atoms with E-state index in [1.807, 2.05) is 0 Å². The molecule has 0 bridgehead atoms. The quantitative estimate of drug-likeness (QED) is 0.901. The maximum absolute atomic E-state index is 5.81. The molecule has 1 aromatic rings. The first-order valence-corrected chi connectivity index (χ1v) is 8.09. The van der Waals surface area contributed by atoms with Crippen molar-refractivity contribution < 1.29 is 9.47 Å². The molecular formula is C17H27ClN2O2. The SMILES string of the molecule is CC1CNCCN1Cc1ccc(OCC2CCCO2)cc1.Cl. The van der Waals surface area contributed by atoms with Crippen LogP contribution in [0.2, 0.25) is 0 Å². The summed E-state index contributed by atoms with van der Waals surface area (Å²) in [4.78, 5) is 2.53. The van der Waals surface area contributed by atoms with Crippen LogP contribution in [0.5, 0.6) is 5.75 Å². The van der Waals surface area contributed by atoms with Crippen molar-refractivity contribution >= 4 is 12.4 Å². The van der Waals surface area contributed by atoms with Crippen LogP contribution in [-0.4, -0.2) is 49.9 Å². The predicted octanol–water partition coefficient (Wildman–Crippen LogP) is 2.46. The molecular weight excluding hydrogens is 300 g/mol. The van der Waals surface area contributed by atoms with Gasteiger partial charge in [-0.15, -0.1) is 12.4 Å². The Morgan fingerprint density at radius 1 is 1.32 bits per heavy atom. The average molecular weight is 327 g/mol. The van der Waals surface area contributed by atoms with Crippen molar-refractivity contribution in [2.45, 2.75) is 38.5 Å². The highest BCUT2D eigenvalue weighted by Crippen LogP contribution is 2.18. The maximum atomic E-state index is 5.81. The van der Waals surface area contributed by atoms with Crippen LogP contribution in [0.3, 0.4) is 0 Å². The monoisotopic (exact) mass is 326 g/mol. The minimum Gasteiger partial charge on any atom is -0.491 e. The molecule has 1 aromatic carbocycles. The smallest absolute Gasteiger partial charge is 0.119 e. The van der Waals surface area contributed by atoms with Crippen LogP contribution in [0.1, 0.15) is 25.3 Å². The molecule has 2 saturated heterocycles. The van der Waals surface area contributed by atoms with Gasteiger partial charge < -0.3 is 14.8 Å². The Hall–Kier alpha value is -0.810. The van der Waals surface area contributed by atoms with Gasteiger partial charge in [0.25, 0.3) is 0 Å². The third-order valence-corrected chi connectivity index (χ3v) is 4.41. The lowest BCUT2D eigenvalue weighted by Gasteiger charge is -2.33. The Balaban J connectivity index is 0.00000176. The second-order valence-corrected chi connectivity index (χ2v) is 6.11. The highest BCUT2D eigenvalue weighted by atomic mass is 35.5. The van der Waals surface area contributed by atoms with E-state index < -0.39 is 0 Å². The summed E-state index contributed by atoms with van der Waals surface area (Å²) < 4.78 is 11.4. The van der Waals surface area contributed by atoms with Crippen LogP contribution >= 0.6 is 12.4 Å². The summed E-state index contributed by atoms with van der Waals surface area (Å²) >= 11 is 0. The summed E-state index contributed by atoms with van der Waals surface area (Å²) in [5, 5.41) is 3.43. The van der Waals surface area contributed by atoms with Crippen molar-refractivity contribution in [3.8, 4) is 5.75 Å². The molecule has 0 aliphatic carbocycles. The van der Waals surface area contributed by atoms with Gasteiger partial charge in [-0.2, -0.15) is 0 Å². The molecule has 5 heteroatoms. The van der Waals surface area contributed by atoms with Gasteiger partial charge in [0, 0.05) is 38.8 Å². The van der Waals surface area contributed by atoms with Crippen molar-refractivity contribution in [1.29, 1.82) is 0 Å². The van der Waals surface area contributed by atoms with E-state index in [-0.39, 0.29) is 18.5 Å². The zero-order valence-corrected chi connectivity index (χ0v) is 14.1. The zero-order chi connectivity index (χ0) is 14.5. The van der Waals surface area contributed by atoms with Gasteiger partial charge in [-0.05, 0) is 37.5 Å². The number of nitrogens with zero attached hydrogens (tertiary/aromatic N) is 1. The van der Waals surface area contributed by atoms with E-state index >= 15 is 0 Å². The second kappa shape index (κ2) is 8.73. The van der Waals surface area contributed by atoms with Gasteiger partial charge in [-0.3, -0.25) is 4.90 Å². The fraction of sp³-hybridized carbons (Fsp3) is 0.647. The van der Waals surface area contributed by atoms with E-state index in [9.17, 15) is 0 Å². The van der Waals surface area contributed by atoms with Crippen LogP contribution in [-0.2, 0) is 11.3 Å². The van der Waals surface area contributed by atoms with Gasteiger partial charge >= 0.3 is 0 Å². The molecule has 0 amide bonds. The third kappa shape index (κ3) is 4.85. The van der Waals surface area contributed by atoms with Crippen LogP contribution in [0.15, 0.2) is 24.3 Å². The largest absolute Gasteiger partial charge is 0.491 e. The molecule has 2 aliphatic rings. The van der Waals surface area contributed by atoms with E-state index in [4.69, 9.17) is 9.47 Å². The Morgan fingerprint density at radius 3 is 2.82 bits per heavy atom. The van der Waals surface area contributed by atoms with Gasteiger partial charge in [-0.1, -0.05) is 12.1 Å². The average Bonchev–Trinajstić information content (AvgIpc) is 3.02. The molecule has 0 radical (unpaired) electrons. The molecule has 124 valence electrons. The Morgan fingerprint density at radius 2 is 2.14 bits per heavy atom. The van der Waals surface area contributed by atoms with Crippen molar-refractivity contribution in [2.75, 3.05) is 32.8 Å². The molecule has 3 rings (SSSR count). The Kier molecular flexibility index (Phi) is 6.96. The number of rotatable bonds is 5. The van der Waals surface area contributed by atoms with Crippen molar-refractivity contribution in [2.24, 2.45) is 0 Å². The lowest BCUT2D eigenvalue weighted by Crippen LogP contribution is -2.49. The molecule has 2 unspecified atom stereocenters. The molecule has 2 heterocycles. The molecule has 4 nitrogen and oxygen atoms in total. The number of hydrogen-bond donors (Lipinski definition) is 1. The predicted molar refractivity (Wildman–Crippen MR) is 90.9 cm³/mol. The van der Waals surface area contributed by atoms with Gasteiger partial charge in [0.15, 0.2) is 0 Å². The first-order chi connectivity index (χ1) is 10.3. The topological polar surface area (TPSA) is 33.7 Å². The number of benzene rings is 1. The number of halogens is 1. The van der Waals surface area contributed by atoms with Gasteiger partial charge in [0.05, 0.1) is 6.10 Å². The highest BCUT2D eigenvalue weighted by Gasteiger charge is 2.18. The first-order valence-electron chi connectivity index (χ1n) is 8.09. The lowest BCUT2D eigenvalue weighted by atomic mass is 10.1. The minimum atomic E-state index is 0. The van der Waals surface area contributed by atoms with Crippen LogP contribution in [0, 0.1) is 0 Å². The third-order valence-electron chi connectivity index (χ3n) is 4.41. The van der Waals surface area contributed by atoms with Crippen LogP contribution < -0.4 is 10.1 Å². The fourth-order valence-corrected chi connectivity index (χ4v) is 3.01. The van der Waals surface area contributed by atoms with Gasteiger partial charge in [0.2, 0.25) is 0 Å². The summed E-state index contributed by atoms with van der Waals surface area (Å²) in [6.45, 7) is 8.16. The second-order valence-electron chi connectivity index (χ2n) is 6.11. The molecule has 2 fully saturated rings. The molecule has 0 aromatic heterocycles. The van der Waals surface area contributed by atoms with E-state index in [1.54, 1.807) is 0 Å². The molecule has 2 aliphatic heterocycles. The summed E-state index contributed by atoms with van der Waals surface area (Å²) in [7, 11) is 0. The standard InChI is InChI=1S/C17H26N2O2.ClH/c1-14-11-18-8-9-19(14)12-15-4-6-16(7-5-15)21-13-17-3-2-10-20-17;/h4-7,14,17-18H,2-3,8-13H2,1H3;1H. The summed E-state index contributed by atoms with van der Waals surface area (Å²) in [5.74, 6) is 0.947. The first kappa shape index (κ1) is 17.5. The van der Waals surface area contributed by atoms with Crippen LogP contribution in [0.4, 0.5) is 0 Å². The van der Waals surface area contributed by atoms with Crippen molar-refractivity contribution in [3.05, 3.63) is 29.8 Å². The van der Waals surface area contributed by atoms with Gasteiger partial charge in [-0.25, -0.2) is 0 Å². The lowest BCUT2D eigenvalue weighted by molar-refractivity contribution is 0.0679. The van der Waals surface area contributed by atoms with E-state index in [0.717, 1.165) is 51.4 Å². The summed E-state index contributed by atoms with van der Waals surface area (Å²) in [6, 6.07) is 9.13. The number of hydrogen-bond acceptors (Lipinski definition) is 4. The Bertz CT molecular complexity index is 435. The van der Waals surface area contributed by atoms with Crippen molar-refractivity contribution in [3.63, 3.8) is 0 Å². The molecule has 22 heavy (non-hydrogen) atoms. The fourth-order valence-electron chi connectivity index (χ4n) is 3.01. The van der Waals surface area contributed by atoms with E-state index in [0.29, 0.717) is 12.6 Å². The minimum absolute atomic E-state index is 0. The normalized spacial score (nSPS) is 25.7. The summed E-state index contributed by atoms with van der Waals surface area (Å²) in [5.41, 5.74) is 1.35. The molecule has 0 saturated carbocycles. The molecule has 1 N–H and O–H groups in total. The molecule has 2 atom stereocenters. The Labute approximate surface area is 139 Å². The summed E-state index contributed by atoms with van der Waals surface area (Å²) in [6.07, 6.45) is 2.57. The zero-order valence-electron chi connectivity index (χ0n) is 13.3. The van der Waals surface area contributed by atoms with E-state index in [2.05, 4.69) is 41.4 Å². The molecule has 0 spiro atoms. The van der Waals surface area contributed by atoms with E-state index in [1.165, 1.54) is 5.56 Å². The highest BCUT2D eigenvalue weighted by molar-refractivity contribution is 5.85. The van der Waals surface area contributed by atoms with Gasteiger partial charge in [0.1, 0.15) is 12.4 Å². The maximum Gasteiger partial charge on any atom is 0.119 e. The number of ether oxygens (including phenoxy) is 2.